The molecule has 1 rings (SSSR count). The van der Waals surface area contributed by atoms with Crippen LogP contribution in [0.4, 0.5) is 0 Å². The molecule has 0 aromatic carbocycles. The van der Waals surface area contributed by atoms with Crippen molar-refractivity contribution in [3.63, 3.8) is 0 Å². The summed E-state index contributed by atoms with van der Waals surface area (Å²) in [7, 11) is 1.76. The van der Waals surface area contributed by atoms with Crippen LogP contribution in [0.3, 0.4) is 0 Å². The van der Waals surface area contributed by atoms with Crippen molar-refractivity contribution in [3.05, 3.63) is 0 Å². The standard InChI is InChI=1S/C12H25NO/c1-10-5-4-6-12(11(10)2)9-13-7-8-14-3/h10-13H,4-9H2,1-3H3. The highest BCUT2D eigenvalue weighted by Gasteiger charge is 2.26. The molecule has 0 bridgehead atoms. The van der Waals surface area contributed by atoms with Crippen LogP contribution in [0.1, 0.15) is 33.1 Å². The fourth-order valence-corrected chi connectivity index (χ4v) is 2.44. The molecule has 1 aliphatic rings. The van der Waals surface area contributed by atoms with E-state index >= 15 is 0 Å². The van der Waals surface area contributed by atoms with Crippen LogP contribution >= 0.6 is 0 Å². The molecule has 0 amide bonds. The highest BCUT2D eigenvalue weighted by molar-refractivity contribution is 4.78. The van der Waals surface area contributed by atoms with Gasteiger partial charge in [0.2, 0.25) is 0 Å². The smallest absolute Gasteiger partial charge is 0.0587 e. The van der Waals surface area contributed by atoms with Gasteiger partial charge in [0.15, 0.2) is 0 Å². The first-order chi connectivity index (χ1) is 6.75. The van der Waals surface area contributed by atoms with Crippen LogP contribution in [0.25, 0.3) is 0 Å². The zero-order valence-corrected chi connectivity index (χ0v) is 9.88. The highest BCUT2D eigenvalue weighted by Crippen LogP contribution is 2.33. The molecular weight excluding hydrogens is 174 g/mol. The lowest BCUT2D eigenvalue weighted by atomic mass is 9.74. The third-order valence-electron chi connectivity index (χ3n) is 3.77. The van der Waals surface area contributed by atoms with Gasteiger partial charge in [-0.1, -0.05) is 26.7 Å². The van der Waals surface area contributed by atoms with E-state index in [4.69, 9.17) is 4.74 Å². The molecule has 0 spiro atoms. The quantitative estimate of drug-likeness (QED) is 0.686. The lowest BCUT2D eigenvalue weighted by Crippen LogP contribution is -2.34. The summed E-state index contributed by atoms with van der Waals surface area (Å²) in [6.07, 6.45) is 4.25. The first-order valence-corrected chi connectivity index (χ1v) is 5.95. The van der Waals surface area contributed by atoms with Gasteiger partial charge in [0.25, 0.3) is 0 Å². The topological polar surface area (TPSA) is 21.3 Å². The van der Waals surface area contributed by atoms with Gasteiger partial charge in [-0.3, -0.25) is 0 Å². The molecule has 3 atom stereocenters. The maximum Gasteiger partial charge on any atom is 0.0587 e. The second kappa shape index (κ2) is 6.41. The summed E-state index contributed by atoms with van der Waals surface area (Å²) in [5, 5.41) is 3.48. The molecule has 2 nitrogen and oxygen atoms in total. The van der Waals surface area contributed by atoms with Crippen molar-refractivity contribution < 1.29 is 4.74 Å². The summed E-state index contributed by atoms with van der Waals surface area (Å²) < 4.78 is 5.02. The minimum absolute atomic E-state index is 0.830. The Bertz CT molecular complexity index is 149. The third kappa shape index (κ3) is 3.58. The number of hydrogen-bond acceptors (Lipinski definition) is 2. The first kappa shape index (κ1) is 12.0. The van der Waals surface area contributed by atoms with E-state index in [1.165, 1.54) is 25.8 Å². The molecule has 0 aromatic heterocycles. The van der Waals surface area contributed by atoms with E-state index < -0.39 is 0 Å². The molecule has 2 heteroatoms. The Labute approximate surface area is 88.4 Å². The second-order valence-corrected chi connectivity index (χ2v) is 4.72. The molecule has 0 radical (unpaired) electrons. The van der Waals surface area contributed by atoms with Gasteiger partial charge in [-0.25, -0.2) is 0 Å². The van der Waals surface area contributed by atoms with Gasteiger partial charge in [-0.15, -0.1) is 0 Å². The van der Waals surface area contributed by atoms with Crippen LogP contribution in [0.15, 0.2) is 0 Å². The fourth-order valence-electron chi connectivity index (χ4n) is 2.44. The predicted octanol–water partition coefficient (Wildman–Crippen LogP) is 2.29. The average molecular weight is 199 g/mol. The second-order valence-electron chi connectivity index (χ2n) is 4.72. The van der Waals surface area contributed by atoms with Crippen molar-refractivity contribution in [2.24, 2.45) is 17.8 Å². The maximum atomic E-state index is 5.02. The zero-order chi connectivity index (χ0) is 10.4. The minimum atomic E-state index is 0.830. The van der Waals surface area contributed by atoms with Crippen molar-refractivity contribution in [2.45, 2.75) is 33.1 Å². The average Bonchev–Trinajstić information content (AvgIpc) is 2.19. The number of methoxy groups -OCH3 is 1. The maximum absolute atomic E-state index is 5.02. The van der Waals surface area contributed by atoms with Crippen LogP contribution in [-0.4, -0.2) is 26.8 Å². The Hall–Kier alpha value is -0.0800. The molecule has 0 saturated heterocycles. The number of nitrogens with one attached hydrogen (secondary N) is 1. The van der Waals surface area contributed by atoms with Gasteiger partial charge < -0.3 is 10.1 Å². The minimum Gasteiger partial charge on any atom is -0.383 e. The first-order valence-electron chi connectivity index (χ1n) is 5.95. The van der Waals surface area contributed by atoms with Crippen LogP contribution in [0, 0.1) is 17.8 Å². The molecule has 0 aromatic rings. The molecule has 1 fully saturated rings. The van der Waals surface area contributed by atoms with Crippen LogP contribution in [-0.2, 0) is 4.74 Å². The molecule has 0 aliphatic heterocycles. The normalized spacial score (nSPS) is 33.2. The van der Waals surface area contributed by atoms with Crippen molar-refractivity contribution in [3.8, 4) is 0 Å². The van der Waals surface area contributed by atoms with Crippen LogP contribution < -0.4 is 5.32 Å². The molecule has 84 valence electrons. The van der Waals surface area contributed by atoms with E-state index in [0.29, 0.717) is 0 Å². The predicted molar refractivity (Wildman–Crippen MR) is 60.4 cm³/mol. The monoisotopic (exact) mass is 199 g/mol. The number of ether oxygens (including phenoxy) is 1. The summed E-state index contributed by atoms with van der Waals surface area (Å²) in [6.45, 7) is 7.80. The Morgan fingerprint density at radius 1 is 1.29 bits per heavy atom. The number of rotatable bonds is 5. The lowest BCUT2D eigenvalue weighted by Gasteiger charge is -2.34. The van der Waals surface area contributed by atoms with Crippen molar-refractivity contribution >= 4 is 0 Å². The van der Waals surface area contributed by atoms with Gasteiger partial charge >= 0.3 is 0 Å². The summed E-state index contributed by atoms with van der Waals surface area (Å²) in [5.41, 5.74) is 0. The summed E-state index contributed by atoms with van der Waals surface area (Å²) >= 11 is 0. The Morgan fingerprint density at radius 2 is 2.07 bits per heavy atom. The number of hydrogen-bond donors (Lipinski definition) is 1. The van der Waals surface area contributed by atoms with Crippen molar-refractivity contribution in [2.75, 3.05) is 26.8 Å². The van der Waals surface area contributed by atoms with Gasteiger partial charge in [0, 0.05) is 13.7 Å². The van der Waals surface area contributed by atoms with Crippen LogP contribution in [0.5, 0.6) is 0 Å². The molecule has 1 N–H and O–H groups in total. The fraction of sp³-hybridized carbons (Fsp3) is 1.00. The van der Waals surface area contributed by atoms with E-state index in [9.17, 15) is 0 Å². The zero-order valence-electron chi connectivity index (χ0n) is 9.88. The van der Waals surface area contributed by atoms with E-state index in [-0.39, 0.29) is 0 Å². The Balaban J connectivity index is 2.15. The van der Waals surface area contributed by atoms with E-state index in [2.05, 4.69) is 19.2 Å². The lowest BCUT2D eigenvalue weighted by molar-refractivity contribution is 0.166. The van der Waals surface area contributed by atoms with Gasteiger partial charge in [0.1, 0.15) is 0 Å². The molecule has 3 unspecified atom stereocenters. The van der Waals surface area contributed by atoms with Crippen molar-refractivity contribution in [1.29, 1.82) is 0 Å². The summed E-state index contributed by atoms with van der Waals surface area (Å²) in [4.78, 5) is 0. The van der Waals surface area contributed by atoms with Crippen molar-refractivity contribution in [1.82, 2.24) is 5.32 Å². The third-order valence-corrected chi connectivity index (χ3v) is 3.77. The highest BCUT2D eigenvalue weighted by atomic mass is 16.5. The Morgan fingerprint density at radius 3 is 2.79 bits per heavy atom. The molecule has 14 heavy (non-hydrogen) atoms. The van der Waals surface area contributed by atoms with Gasteiger partial charge in [-0.05, 0) is 30.7 Å². The van der Waals surface area contributed by atoms with Gasteiger partial charge in [0.05, 0.1) is 6.61 Å². The largest absolute Gasteiger partial charge is 0.383 e. The molecule has 0 heterocycles. The summed E-state index contributed by atoms with van der Waals surface area (Å²) in [5.74, 6) is 2.69. The van der Waals surface area contributed by atoms with Gasteiger partial charge in [-0.2, -0.15) is 0 Å². The van der Waals surface area contributed by atoms with Crippen LogP contribution in [0.2, 0.25) is 0 Å². The Kier molecular flexibility index (Phi) is 5.49. The molecule has 1 aliphatic carbocycles. The van der Waals surface area contributed by atoms with E-state index in [1.54, 1.807) is 7.11 Å². The summed E-state index contributed by atoms with van der Waals surface area (Å²) in [6, 6.07) is 0. The SMILES string of the molecule is COCCNCC1CCCC(C)C1C. The van der Waals surface area contributed by atoms with E-state index in [0.717, 1.165) is 30.9 Å². The molecule has 1 saturated carbocycles. The molecular formula is C12H25NO. The van der Waals surface area contributed by atoms with E-state index in [1.807, 2.05) is 0 Å².